The van der Waals surface area contributed by atoms with Crippen LogP contribution in [0.1, 0.15) is 27.6 Å². The van der Waals surface area contributed by atoms with Gasteiger partial charge in [-0.2, -0.15) is 0 Å². The van der Waals surface area contributed by atoms with Gasteiger partial charge in [-0.1, -0.05) is 42.5 Å². The van der Waals surface area contributed by atoms with Gasteiger partial charge in [-0.15, -0.1) is 0 Å². The normalized spacial score (nSPS) is 12.0. The average Bonchev–Trinajstić information content (AvgIpc) is 2.77. The Morgan fingerprint density at radius 2 is 1.61 bits per heavy atom. The molecule has 0 aliphatic heterocycles. The Labute approximate surface area is 191 Å². The fourth-order valence-corrected chi connectivity index (χ4v) is 4.47. The van der Waals surface area contributed by atoms with Crippen molar-refractivity contribution in [3.63, 3.8) is 0 Å². The quantitative estimate of drug-likeness (QED) is 0.529. The molecule has 0 bridgehead atoms. The summed E-state index contributed by atoms with van der Waals surface area (Å²) in [5.74, 6) is -1.89. The Hall–Kier alpha value is -3.72. The molecule has 0 aliphatic rings. The van der Waals surface area contributed by atoms with Gasteiger partial charge in [0.1, 0.15) is 5.82 Å². The molecule has 1 N–H and O–H groups in total. The first kappa shape index (κ1) is 23.9. The molecule has 172 valence electrons. The smallest absolute Gasteiger partial charge is 0.341 e. The van der Waals surface area contributed by atoms with E-state index in [9.17, 15) is 22.4 Å². The van der Waals surface area contributed by atoms with E-state index in [0.717, 1.165) is 18.2 Å². The van der Waals surface area contributed by atoms with Crippen molar-refractivity contribution < 1.29 is 27.1 Å². The Morgan fingerprint density at radius 1 is 0.970 bits per heavy atom. The lowest BCUT2D eigenvalue weighted by Crippen LogP contribution is -2.31. The molecule has 0 spiro atoms. The van der Waals surface area contributed by atoms with Gasteiger partial charge in [0.25, 0.3) is 15.9 Å². The van der Waals surface area contributed by atoms with E-state index in [-0.39, 0.29) is 21.7 Å². The van der Waals surface area contributed by atoms with E-state index in [1.54, 1.807) is 56.6 Å². The number of benzene rings is 3. The van der Waals surface area contributed by atoms with Gasteiger partial charge in [0.05, 0.1) is 16.1 Å². The molecule has 3 aromatic rings. The summed E-state index contributed by atoms with van der Waals surface area (Å²) in [6, 6.07) is 17.7. The highest BCUT2D eigenvalue weighted by molar-refractivity contribution is 7.92. The molecule has 3 rings (SSSR count). The van der Waals surface area contributed by atoms with Gasteiger partial charge in [0.2, 0.25) is 6.10 Å². The van der Waals surface area contributed by atoms with Crippen LogP contribution in [0.3, 0.4) is 0 Å². The van der Waals surface area contributed by atoms with Crippen LogP contribution < -0.4 is 4.72 Å². The van der Waals surface area contributed by atoms with E-state index in [1.807, 2.05) is 0 Å². The van der Waals surface area contributed by atoms with E-state index in [4.69, 9.17) is 4.74 Å². The minimum atomic E-state index is -4.13. The van der Waals surface area contributed by atoms with Gasteiger partial charge in [-0.05, 0) is 42.8 Å². The molecule has 0 aromatic heterocycles. The standard InChI is InChI=1S/C24H23FN2O5S/c1-16-15-18(25)13-14-21(16)33(30,31)26-20-12-8-7-11-19(20)24(29)32-22(23(28)27(2)3)17-9-5-4-6-10-17/h4-15,22,26H,1-3H3. The molecule has 0 heterocycles. The van der Waals surface area contributed by atoms with Crippen molar-refractivity contribution >= 4 is 27.6 Å². The SMILES string of the molecule is Cc1cc(F)ccc1S(=O)(=O)Nc1ccccc1C(=O)OC(C(=O)N(C)C)c1ccccc1. The average molecular weight is 471 g/mol. The van der Waals surface area contributed by atoms with Crippen LogP contribution in [0.4, 0.5) is 10.1 Å². The molecular weight excluding hydrogens is 447 g/mol. The lowest BCUT2D eigenvalue weighted by Gasteiger charge is -2.22. The molecular formula is C24H23FN2O5S. The first-order chi connectivity index (χ1) is 15.6. The maximum absolute atomic E-state index is 13.4. The fourth-order valence-electron chi connectivity index (χ4n) is 3.16. The zero-order valence-corrected chi connectivity index (χ0v) is 19.1. The maximum atomic E-state index is 13.4. The van der Waals surface area contributed by atoms with Gasteiger partial charge in [-0.3, -0.25) is 9.52 Å². The van der Waals surface area contributed by atoms with Crippen LogP contribution in [0.2, 0.25) is 0 Å². The topological polar surface area (TPSA) is 92.8 Å². The number of carbonyl (C=O) groups excluding carboxylic acids is 2. The summed E-state index contributed by atoms with van der Waals surface area (Å²) in [6.45, 7) is 1.47. The minimum absolute atomic E-state index is 0.0321. The number of carbonyl (C=O) groups is 2. The number of aryl methyl sites for hydroxylation is 1. The largest absolute Gasteiger partial charge is 0.444 e. The number of likely N-dealkylation sites (N-methyl/N-ethyl adjacent to an activating group) is 1. The van der Waals surface area contributed by atoms with Crippen molar-refractivity contribution in [2.24, 2.45) is 0 Å². The van der Waals surface area contributed by atoms with Gasteiger partial charge < -0.3 is 9.64 Å². The summed E-state index contributed by atoms with van der Waals surface area (Å²) in [6.07, 6.45) is -1.21. The monoisotopic (exact) mass is 470 g/mol. The second-order valence-corrected chi connectivity index (χ2v) is 9.14. The summed E-state index contributed by atoms with van der Waals surface area (Å²) in [5.41, 5.74) is 0.580. The molecule has 0 fully saturated rings. The Kier molecular flexibility index (Phi) is 7.13. The van der Waals surface area contributed by atoms with E-state index < -0.39 is 33.8 Å². The molecule has 0 radical (unpaired) electrons. The van der Waals surface area contributed by atoms with E-state index in [0.29, 0.717) is 5.56 Å². The summed E-state index contributed by atoms with van der Waals surface area (Å²) < 4.78 is 47.1. The van der Waals surface area contributed by atoms with Crippen molar-refractivity contribution in [1.29, 1.82) is 0 Å². The third-order valence-corrected chi connectivity index (χ3v) is 6.34. The number of anilines is 1. The molecule has 0 saturated carbocycles. The molecule has 1 amide bonds. The summed E-state index contributed by atoms with van der Waals surface area (Å²) in [4.78, 5) is 26.9. The third kappa shape index (κ3) is 5.56. The number of nitrogens with one attached hydrogen (secondary N) is 1. The predicted molar refractivity (Wildman–Crippen MR) is 122 cm³/mol. The first-order valence-corrected chi connectivity index (χ1v) is 11.4. The second-order valence-electron chi connectivity index (χ2n) is 7.49. The highest BCUT2D eigenvalue weighted by Gasteiger charge is 2.28. The number of nitrogens with zero attached hydrogens (tertiary/aromatic N) is 1. The van der Waals surface area contributed by atoms with Crippen LogP contribution >= 0.6 is 0 Å². The molecule has 1 unspecified atom stereocenters. The lowest BCUT2D eigenvalue weighted by atomic mass is 10.1. The Morgan fingerprint density at radius 3 is 2.24 bits per heavy atom. The number of sulfonamides is 1. The minimum Gasteiger partial charge on any atom is -0.444 e. The molecule has 9 heteroatoms. The second kappa shape index (κ2) is 9.83. The van der Waals surface area contributed by atoms with E-state index in [1.165, 1.54) is 24.0 Å². The van der Waals surface area contributed by atoms with Gasteiger partial charge in [-0.25, -0.2) is 17.6 Å². The zero-order chi connectivity index (χ0) is 24.2. The third-order valence-electron chi connectivity index (χ3n) is 4.81. The first-order valence-electron chi connectivity index (χ1n) is 9.95. The van der Waals surface area contributed by atoms with Crippen LogP contribution in [0, 0.1) is 12.7 Å². The molecule has 7 nitrogen and oxygen atoms in total. The van der Waals surface area contributed by atoms with Crippen molar-refractivity contribution in [2.75, 3.05) is 18.8 Å². The van der Waals surface area contributed by atoms with Crippen molar-refractivity contribution in [1.82, 2.24) is 4.90 Å². The number of ether oxygens (including phenoxy) is 1. The van der Waals surface area contributed by atoms with Crippen LogP contribution in [-0.4, -0.2) is 39.3 Å². The maximum Gasteiger partial charge on any atom is 0.341 e. The predicted octanol–water partition coefficient (Wildman–Crippen LogP) is 3.92. The molecule has 0 aliphatic carbocycles. The number of halogens is 1. The van der Waals surface area contributed by atoms with Crippen LogP contribution in [-0.2, 0) is 19.6 Å². The van der Waals surface area contributed by atoms with Gasteiger partial charge in [0, 0.05) is 19.7 Å². The summed E-state index contributed by atoms with van der Waals surface area (Å²) >= 11 is 0. The molecule has 1 atom stereocenters. The molecule has 33 heavy (non-hydrogen) atoms. The van der Waals surface area contributed by atoms with Crippen LogP contribution in [0.25, 0.3) is 0 Å². The highest BCUT2D eigenvalue weighted by atomic mass is 32.2. The van der Waals surface area contributed by atoms with Crippen molar-refractivity contribution in [3.8, 4) is 0 Å². The summed E-state index contributed by atoms with van der Waals surface area (Å²) in [5, 5.41) is 0. The number of para-hydroxylation sites is 1. The zero-order valence-electron chi connectivity index (χ0n) is 18.3. The van der Waals surface area contributed by atoms with Crippen molar-refractivity contribution in [3.05, 3.63) is 95.3 Å². The lowest BCUT2D eigenvalue weighted by molar-refractivity contribution is -0.138. The molecule has 0 saturated heterocycles. The highest BCUT2D eigenvalue weighted by Crippen LogP contribution is 2.26. The van der Waals surface area contributed by atoms with Crippen LogP contribution in [0.5, 0.6) is 0 Å². The Bertz CT molecular complexity index is 1280. The van der Waals surface area contributed by atoms with Crippen LogP contribution in [0.15, 0.2) is 77.7 Å². The van der Waals surface area contributed by atoms with Gasteiger partial charge >= 0.3 is 5.97 Å². The number of rotatable bonds is 7. The molecule has 3 aromatic carbocycles. The summed E-state index contributed by atoms with van der Waals surface area (Å²) in [7, 11) is -1.05. The fraction of sp³-hybridized carbons (Fsp3) is 0.167. The van der Waals surface area contributed by atoms with E-state index in [2.05, 4.69) is 4.72 Å². The number of amides is 1. The van der Waals surface area contributed by atoms with Crippen molar-refractivity contribution in [2.45, 2.75) is 17.9 Å². The number of esters is 1. The number of hydrogen-bond acceptors (Lipinski definition) is 5. The van der Waals surface area contributed by atoms with E-state index >= 15 is 0 Å². The number of hydrogen-bond donors (Lipinski definition) is 1. The Balaban J connectivity index is 1.93. The van der Waals surface area contributed by atoms with Gasteiger partial charge in [0.15, 0.2) is 0 Å².